The minimum atomic E-state index is 0. The van der Waals surface area contributed by atoms with E-state index in [2.05, 4.69) is 45.7 Å². The number of halogens is 1. The van der Waals surface area contributed by atoms with E-state index in [9.17, 15) is 0 Å². The summed E-state index contributed by atoms with van der Waals surface area (Å²) in [5.41, 5.74) is 3.46. The molecule has 27 heavy (non-hydrogen) atoms. The molecule has 148 valence electrons. The molecular formula is C20H29IN4OS. The minimum absolute atomic E-state index is 0. The summed E-state index contributed by atoms with van der Waals surface area (Å²) in [5, 5.41) is 7.85. The molecule has 2 aromatic rings. The molecule has 7 heteroatoms. The van der Waals surface area contributed by atoms with Gasteiger partial charge in [0.25, 0.3) is 0 Å². The highest BCUT2D eigenvalue weighted by molar-refractivity contribution is 14.0. The molecule has 1 aliphatic rings. The van der Waals surface area contributed by atoms with Gasteiger partial charge < -0.3 is 15.4 Å². The molecular weight excluding hydrogens is 471 g/mol. The van der Waals surface area contributed by atoms with Crippen molar-refractivity contribution in [3.63, 3.8) is 0 Å². The second kappa shape index (κ2) is 10.3. The second-order valence-electron chi connectivity index (χ2n) is 6.89. The monoisotopic (exact) mass is 500 g/mol. The third kappa shape index (κ3) is 6.64. The van der Waals surface area contributed by atoms with Crippen molar-refractivity contribution in [2.24, 2.45) is 10.9 Å². The van der Waals surface area contributed by atoms with Gasteiger partial charge in [-0.25, -0.2) is 4.98 Å². The molecule has 1 fully saturated rings. The van der Waals surface area contributed by atoms with Gasteiger partial charge in [-0.3, -0.25) is 4.99 Å². The molecule has 0 spiro atoms. The van der Waals surface area contributed by atoms with E-state index in [0.29, 0.717) is 6.54 Å². The zero-order valence-corrected chi connectivity index (χ0v) is 19.6. The Bertz CT molecular complexity index is 786. The van der Waals surface area contributed by atoms with Crippen molar-refractivity contribution in [2.45, 2.75) is 46.7 Å². The van der Waals surface area contributed by atoms with Crippen LogP contribution in [-0.2, 0) is 13.1 Å². The van der Waals surface area contributed by atoms with Crippen LogP contribution in [0.2, 0.25) is 0 Å². The smallest absolute Gasteiger partial charge is 0.191 e. The Morgan fingerprint density at radius 2 is 1.96 bits per heavy atom. The van der Waals surface area contributed by atoms with Crippen LogP contribution in [0, 0.1) is 26.7 Å². The topological polar surface area (TPSA) is 58.5 Å². The SMILES string of the molecule is CN=C(NCc1ccc(C)cc1OCC1CC1)NCc1sc(C)nc1C.I. The van der Waals surface area contributed by atoms with Crippen LogP contribution in [0.4, 0.5) is 0 Å². The molecule has 0 amide bonds. The first-order valence-electron chi connectivity index (χ1n) is 9.15. The van der Waals surface area contributed by atoms with Crippen LogP contribution >= 0.6 is 35.3 Å². The van der Waals surface area contributed by atoms with Gasteiger partial charge in [0.15, 0.2) is 5.96 Å². The molecule has 1 aliphatic carbocycles. The Kier molecular flexibility index (Phi) is 8.34. The van der Waals surface area contributed by atoms with E-state index in [0.717, 1.165) is 47.0 Å². The summed E-state index contributed by atoms with van der Waals surface area (Å²) >= 11 is 1.72. The summed E-state index contributed by atoms with van der Waals surface area (Å²) in [5.74, 6) is 2.51. The van der Waals surface area contributed by atoms with Gasteiger partial charge in [0.05, 0.1) is 23.9 Å². The molecule has 0 saturated heterocycles. The molecule has 0 aliphatic heterocycles. The van der Waals surface area contributed by atoms with Crippen LogP contribution in [0.25, 0.3) is 0 Å². The van der Waals surface area contributed by atoms with Gasteiger partial charge in [-0.2, -0.15) is 0 Å². The normalized spacial score (nSPS) is 13.9. The molecule has 0 atom stereocenters. The molecule has 5 nitrogen and oxygen atoms in total. The highest BCUT2D eigenvalue weighted by Gasteiger charge is 2.22. The fraction of sp³-hybridized carbons (Fsp3) is 0.500. The molecule has 1 heterocycles. The van der Waals surface area contributed by atoms with Crippen molar-refractivity contribution >= 4 is 41.3 Å². The summed E-state index contributed by atoms with van der Waals surface area (Å²) in [6.07, 6.45) is 2.60. The van der Waals surface area contributed by atoms with Crippen molar-refractivity contribution < 1.29 is 4.74 Å². The standard InChI is InChI=1S/C20H28N4OS.HI/c1-13-5-8-17(18(9-13)25-12-16-6-7-16)10-22-20(21-4)23-11-19-14(2)24-15(3)26-19;/h5,8-9,16H,6-7,10-12H2,1-4H3,(H2,21,22,23);1H. The van der Waals surface area contributed by atoms with Gasteiger partial charge in [-0.1, -0.05) is 12.1 Å². The summed E-state index contributed by atoms with van der Waals surface area (Å²) in [6, 6.07) is 6.38. The predicted molar refractivity (Wildman–Crippen MR) is 123 cm³/mol. The highest BCUT2D eigenvalue weighted by Crippen LogP contribution is 2.30. The van der Waals surface area contributed by atoms with Crippen LogP contribution < -0.4 is 15.4 Å². The van der Waals surface area contributed by atoms with Crippen molar-refractivity contribution in [2.75, 3.05) is 13.7 Å². The largest absolute Gasteiger partial charge is 0.493 e. The minimum Gasteiger partial charge on any atom is -0.493 e. The van der Waals surface area contributed by atoms with Crippen molar-refractivity contribution in [3.05, 3.63) is 44.9 Å². The summed E-state index contributed by atoms with van der Waals surface area (Å²) in [7, 11) is 1.79. The number of guanidine groups is 1. The van der Waals surface area contributed by atoms with Crippen LogP contribution in [0.3, 0.4) is 0 Å². The van der Waals surface area contributed by atoms with Gasteiger partial charge >= 0.3 is 0 Å². The van der Waals surface area contributed by atoms with Crippen molar-refractivity contribution in [1.82, 2.24) is 15.6 Å². The number of benzene rings is 1. The Labute approximate surface area is 183 Å². The average Bonchev–Trinajstić information content (AvgIpc) is 3.38. The van der Waals surface area contributed by atoms with Gasteiger partial charge in [0.2, 0.25) is 0 Å². The summed E-state index contributed by atoms with van der Waals surface area (Å²) in [6.45, 7) is 8.42. The molecule has 1 saturated carbocycles. The molecule has 0 unspecified atom stereocenters. The van der Waals surface area contributed by atoms with Gasteiger partial charge in [0.1, 0.15) is 5.75 Å². The lowest BCUT2D eigenvalue weighted by atomic mass is 10.1. The lowest BCUT2D eigenvalue weighted by Gasteiger charge is -2.15. The highest BCUT2D eigenvalue weighted by atomic mass is 127. The molecule has 1 aromatic carbocycles. The number of hydrogen-bond donors (Lipinski definition) is 2. The zero-order valence-electron chi connectivity index (χ0n) is 16.5. The fourth-order valence-corrected chi connectivity index (χ4v) is 3.61. The number of nitrogens with one attached hydrogen (secondary N) is 2. The first kappa shape index (κ1) is 21.9. The first-order valence-corrected chi connectivity index (χ1v) is 9.96. The van der Waals surface area contributed by atoms with Crippen molar-refractivity contribution in [1.29, 1.82) is 0 Å². The van der Waals surface area contributed by atoms with E-state index in [4.69, 9.17) is 4.74 Å². The van der Waals surface area contributed by atoms with Crippen molar-refractivity contribution in [3.8, 4) is 5.75 Å². The molecule has 2 N–H and O–H groups in total. The number of rotatable bonds is 7. The van der Waals surface area contributed by atoms with Gasteiger partial charge in [-0.15, -0.1) is 35.3 Å². The molecule has 0 radical (unpaired) electrons. The predicted octanol–water partition coefficient (Wildman–Crippen LogP) is 4.34. The number of ether oxygens (including phenoxy) is 1. The third-order valence-corrected chi connectivity index (χ3v) is 5.55. The lowest BCUT2D eigenvalue weighted by Crippen LogP contribution is -2.36. The molecule has 1 aromatic heterocycles. The van der Waals surface area contributed by atoms with E-state index in [1.807, 2.05) is 13.8 Å². The molecule has 0 bridgehead atoms. The van der Waals surface area contributed by atoms with Crippen LogP contribution in [-0.4, -0.2) is 24.6 Å². The number of aryl methyl sites for hydroxylation is 3. The number of nitrogens with zero attached hydrogens (tertiary/aromatic N) is 2. The quantitative estimate of drug-likeness (QED) is 0.338. The Hall–Kier alpha value is -1.35. The average molecular weight is 500 g/mol. The van der Waals surface area contributed by atoms with E-state index >= 15 is 0 Å². The Balaban J connectivity index is 0.00000261. The first-order chi connectivity index (χ1) is 12.5. The maximum atomic E-state index is 6.05. The summed E-state index contributed by atoms with van der Waals surface area (Å²) in [4.78, 5) is 10.0. The number of aliphatic imine (C=N–C) groups is 1. The number of thiazole rings is 1. The number of aromatic nitrogens is 1. The van der Waals surface area contributed by atoms with E-state index in [1.165, 1.54) is 23.3 Å². The fourth-order valence-electron chi connectivity index (χ4n) is 2.74. The van der Waals surface area contributed by atoms with E-state index < -0.39 is 0 Å². The maximum Gasteiger partial charge on any atom is 0.191 e. The van der Waals surface area contributed by atoms with Gasteiger partial charge in [0, 0.05) is 24.0 Å². The summed E-state index contributed by atoms with van der Waals surface area (Å²) < 4.78 is 6.05. The van der Waals surface area contributed by atoms with E-state index in [-0.39, 0.29) is 24.0 Å². The second-order valence-corrected chi connectivity index (χ2v) is 8.17. The van der Waals surface area contributed by atoms with Crippen LogP contribution in [0.15, 0.2) is 23.2 Å². The van der Waals surface area contributed by atoms with Crippen LogP contribution in [0.1, 0.15) is 39.5 Å². The van der Waals surface area contributed by atoms with Gasteiger partial charge in [-0.05, 0) is 51.2 Å². The lowest BCUT2D eigenvalue weighted by molar-refractivity contribution is 0.296. The molecule has 3 rings (SSSR count). The maximum absolute atomic E-state index is 6.05. The van der Waals surface area contributed by atoms with E-state index in [1.54, 1.807) is 18.4 Å². The zero-order chi connectivity index (χ0) is 18.5. The number of hydrogen-bond acceptors (Lipinski definition) is 4. The Morgan fingerprint density at radius 3 is 2.59 bits per heavy atom. The third-order valence-electron chi connectivity index (χ3n) is 4.48. The Morgan fingerprint density at radius 1 is 1.22 bits per heavy atom. The van der Waals surface area contributed by atoms with Crippen LogP contribution in [0.5, 0.6) is 5.75 Å².